The lowest BCUT2D eigenvalue weighted by Gasteiger charge is -2.26. The van der Waals surface area contributed by atoms with Gasteiger partial charge in [-0.3, -0.25) is 4.98 Å². The molecule has 0 amide bonds. The first-order valence-electron chi connectivity index (χ1n) is 11.9. The minimum Gasteiger partial charge on any atom is -0.383 e. The molecule has 9 heteroatoms. The molecule has 0 bridgehead atoms. The number of hydrogen-bond acceptors (Lipinski definition) is 7. The molecule has 0 radical (unpaired) electrons. The molecule has 0 aromatic carbocycles. The number of sulfonamides is 1. The second-order valence-corrected chi connectivity index (χ2v) is 13.4. The summed E-state index contributed by atoms with van der Waals surface area (Å²) in [5, 5.41) is 5.19. The van der Waals surface area contributed by atoms with Gasteiger partial charge in [0, 0.05) is 59.9 Å². The molecule has 3 rings (SSSR count). The van der Waals surface area contributed by atoms with Crippen molar-refractivity contribution in [2.24, 2.45) is 11.3 Å². The number of aromatic nitrogens is 1. The van der Waals surface area contributed by atoms with Crippen LogP contribution in [0.15, 0.2) is 41.2 Å². The van der Waals surface area contributed by atoms with E-state index in [2.05, 4.69) is 51.0 Å². The van der Waals surface area contributed by atoms with Crippen LogP contribution in [-0.2, 0) is 29.4 Å². The number of thiophene rings is 1. The van der Waals surface area contributed by atoms with E-state index in [1.54, 1.807) is 39.0 Å². The van der Waals surface area contributed by atoms with Gasteiger partial charge in [0.05, 0.1) is 5.69 Å². The third-order valence-electron chi connectivity index (χ3n) is 5.91. The molecule has 3 N–H and O–H groups in total. The fourth-order valence-electron chi connectivity index (χ4n) is 4.17. The van der Waals surface area contributed by atoms with Crippen molar-refractivity contribution in [3.63, 3.8) is 0 Å². The zero-order chi connectivity index (χ0) is 25.1. The van der Waals surface area contributed by atoms with Gasteiger partial charge in [0.2, 0.25) is 10.0 Å². The van der Waals surface area contributed by atoms with Crippen LogP contribution in [0.3, 0.4) is 0 Å². The number of aryl methyl sites for hydroxylation is 1. The molecule has 0 saturated heterocycles. The Morgan fingerprint density at radius 3 is 2.76 bits per heavy atom. The average molecular weight is 506 g/mol. The van der Waals surface area contributed by atoms with Crippen molar-refractivity contribution in [2.45, 2.75) is 78.3 Å². The lowest BCUT2D eigenvalue weighted by atomic mass is 9.91. The quantitative estimate of drug-likeness (QED) is 0.413. The van der Waals surface area contributed by atoms with Gasteiger partial charge < -0.3 is 10.3 Å². The molecule has 0 unspecified atom stereocenters. The maximum Gasteiger partial charge on any atom is 0.245 e. The van der Waals surface area contributed by atoms with Crippen molar-refractivity contribution in [3.05, 3.63) is 57.3 Å². The first-order valence-corrected chi connectivity index (χ1v) is 14.2. The van der Waals surface area contributed by atoms with E-state index in [-0.39, 0.29) is 11.5 Å². The van der Waals surface area contributed by atoms with Gasteiger partial charge in [-0.05, 0) is 55.9 Å². The first-order chi connectivity index (χ1) is 15.9. The predicted octanol–water partition coefficient (Wildman–Crippen LogP) is 4.19. The number of nitrogens with zero attached hydrogens (tertiary/aromatic N) is 3. The van der Waals surface area contributed by atoms with Crippen LogP contribution in [0, 0.1) is 12.3 Å². The second kappa shape index (κ2) is 10.8. The second-order valence-electron chi connectivity index (χ2n) is 10.2. The molecule has 2 aromatic heterocycles. The summed E-state index contributed by atoms with van der Waals surface area (Å²) in [5.41, 5.74) is 2.84. The molecule has 1 atom stereocenters. The van der Waals surface area contributed by atoms with Gasteiger partial charge in [0.1, 0.15) is 4.90 Å². The van der Waals surface area contributed by atoms with Gasteiger partial charge in [0.25, 0.3) is 0 Å². The molecule has 0 fully saturated rings. The molecule has 7 nitrogen and oxygen atoms in total. The Morgan fingerprint density at radius 1 is 1.38 bits per heavy atom. The van der Waals surface area contributed by atoms with E-state index < -0.39 is 10.0 Å². The summed E-state index contributed by atoms with van der Waals surface area (Å²) < 4.78 is 29.1. The van der Waals surface area contributed by atoms with Crippen molar-refractivity contribution in [2.75, 3.05) is 13.1 Å². The van der Waals surface area contributed by atoms with Crippen LogP contribution in [0.5, 0.6) is 0 Å². The van der Waals surface area contributed by atoms with Gasteiger partial charge in [-0.2, -0.15) is 4.31 Å². The molecule has 1 aliphatic heterocycles. The van der Waals surface area contributed by atoms with Gasteiger partial charge in [-0.15, -0.1) is 11.3 Å². The zero-order valence-corrected chi connectivity index (χ0v) is 22.9. The van der Waals surface area contributed by atoms with E-state index in [1.807, 2.05) is 13.1 Å². The lowest BCUT2D eigenvalue weighted by molar-refractivity contribution is 0.356. The molecule has 2 aromatic rings. The summed E-state index contributed by atoms with van der Waals surface area (Å²) in [6, 6.07) is 5.44. The largest absolute Gasteiger partial charge is 0.383 e. The Morgan fingerprint density at radius 2 is 2.12 bits per heavy atom. The maximum absolute atomic E-state index is 13.7. The van der Waals surface area contributed by atoms with Crippen LogP contribution < -0.4 is 11.2 Å². The van der Waals surface area contributed by atoms with Gasteiger partial charge in [-0.1, -0.05) is 27.7 Å². The highest BCUT2D eigenvalue weighted by Crippen LogP contribution is 2.32. The molecular weight excluding hydrogens is 466 g/mol. The number of nitrogens with one attached hydrogen (secondary N) is 1. The topological polar surface area (TPSA) is 91.6 Å². The molecule has 188 valence electrons. The van der Waals surface area contributed by atoms with Gasteiger partial charge in [-0.25, -0.2) is 14.3 Å². The molecule has 34 heavy (non-hydrogen) atoms. The number of pyridine rings is 1. The minimum absolute atomic E-state index is 0.115. The minimum atomic E-state index is -3.68. The van der Waals surface area contributed by atoms with Crippen LogP contribution in [0.2, 0.25) is 0 Å². The fourth-order valence-corrected chi connectivity index (χ4v) is 7.17. The predicted molar refractivity (Wildman–Crippen MR) is 140 cm³/mol. The number of rotatable bonds is 8. The summed E-state index contributed by atoms with van der Waals surface area (Å²) in [6.07, 6.45) is 5.83. The van der Waals surface area contributed by atoms with Crippen LogP contribution in [0.25, 0.3) is 0 Å². The Hall–Kier alpha value is -1.94. The van der Waals surface area contributed by atoms with E-state index in [0.29, 0.717) is 36.6 Å². The summed E-state index contributed by atoms with van der Waals surface area (Å²) >= 11 is 1.77. The third kappa shape index (κ3) is 6.59. The van der Waals surface area contributed by atoms with Crippen molar-refractivity contribution in [1.29, 1.82) is 0 Å². The van der Waals surface area contributed by atoms with E-state index in [9.17, 15) is 8.42 Å². The SMILES string of the molecule is CC/C(=C/N(N)CC)N[C@H]1Cc2ncccc2S(=O)(=O)N(Cc2cc(CC(C)(C)C)sc2C)C1. The number of allylic oxidation sites excluding steroid dienone is 1. The summed E-state index contributed by atoms with van der Waals surface area (Å²) in [4.78, 5) is 7.21. The van der Waals surface area contributed by atoms with Crippen molar-refractivity contribution in [1.82, 2.24) is 19.6 Å². The summed E-state index contributed by atoms with van der Waals surface area (Å²) in [5.74, 6) is 6.00. The van der Waals surface area contributed by atoms with Gasteiger partial charge >= 0.3 is 0 Å². The van der Waals surface area contributed by atoms with Crippen LogP contribution >= 0.6 is 11.3 Å². The maximum atomic E-state index is 13.7. The van der Waals surface area contributed by atoms with Crippen LogP contribution in [0.4, 0.5) is 0 Å². The van der Waals surface area contributed by atoms with E-state index >= 15 is 0 Å². The monoisotopic (exact) mass is 505 g/mol. The highest BCUT2D eigenvalue weighted by atomic mass is 32.2. The van der Waals surface area contributed by atoms with E-state index in [4.69, 9.17) is 5.84 Å². The fraction of sp³-hybridized carbons (Fsp3) is 0.560. The zero-order valence-electron chi connectivity index (χ0n) is 21.3. The Balaban J connectivity index is 1.95. The van der Waals surface area contributed by atoms with E-state index in [0.717, 1.165) is 24.1 Å². The average Bonchev–Trinajstić information content (AvgIpc) is 3.04. The van der Waals surface area contributed by atoms with Gasteiger partial charge in [0.15, 0.2) is 0 Å². The third-order valence-corrected chi connectivity index (χ3v) is 8.89. The van der Waals surface area contributed by atoms with Crippen LogP contribution in [-0.4, -0.2) is 41.8 Å². The lowest BCUT2D eigenvalue weighted by Crippen LogP contribution is -2.42. The van der Waals surface area contributed by atoms with Crippen LogP contribution in [0.1, 0.15) is 62.1 Å². The van der Waals surface area contributed by atoms with E-state index in [1.165, 1.54) is 9.75 Å². The Bertz CT molecular complexity index is 1120. The Labute approximate surface area is 209 Å². The van der Waals surface area contributed by atoms with Crippen molar-refractivity contribution < 1.29 is 8.42 Å². The standard InChI is InChI=1S/C25H39N5O2S2/c1-7-20(16-29(26)8-2)28-21-13-23-24(10-9-11-27-23)34(31,32)30(17-21)15-19-12-22(33-18(19)3)14-25(4,5)6/h9-12,16,21,28H,7-8,13-15,17,26H2,1-6H3/b20-16-/t21-/m0/s1. The molecule has 0 saturated carbocycles. The highest BCUT2D eigenvalue weighted by molar-refractivity contribution is 7.89. The molecule has 1 aliphatic rings. The summed E-state index contributed by atoms with van der Waals surface area (Å²) in [7, 11) is -3.68. The Kier molecular flexibility index (Phi) is 8.44. The molecule has 3 heterocycles. The number of nitrogens with two attached hydrogens (primary N) is 1. The number of hydrogen-bond donors (Lipinski definition) is 2. The highest BCUT2D eigenvalue weighted by Gasteiger charge is 2.35. The molecular formula is C25H39N5O2S2. The molecule has 0 aliphatic carbocycles. The molecule has 0 spiro atoms. The first kappa shape index (κ1) is 26.7. The normalized spacial score (nSPS) is 18.9. The number of fused-ring (bicyclic) bond motifs is 1. The summed E-state index contributed by atoms with van der Waals surface area (Å²) in [6.45, 7) is 14.2. The van der Waals surface area contributed by atoms with Crippen molar-refractivity contribution in [3.8, 4) is 0 Å². The number of hydrazine groups is 1. The van der Waals surface area contributed by atoms with Crippen molar-refractivity contribution >= 4 is 21.4 Å². The smallest absolute Gasteiger partial charge is 0.245 e.